The topological polar surface area (TPSA) is 29.3 Å². The maximum Gasteiger partial charge on any atom is 0.0174 e. The van der Waals surface area contributed by atoms with E-state index in [0.717, 1.165) is 24.9 Å². The van der Waals surface area contributed by atoms with E-state index in [4.69, 9.17) is 5.73 Å². The summed E-state index contributed by atoms with van der Waals surface area (Å²) in [5.74, 6) is 2.16. The molecule has 1 aliphatic heterocycles. The second kappa shape index (κ2) is 6.72. The fraction of sp³-hybridized carbons (Fsp3) is 0.700. The molecule has 0 bridgehead atoms. The lowest BCUT2D eigenvalue weighted by atomic mass is 9.86. The van der Waals surface area contributed by atoms with Gasteiger partial charge < -0.3 is 5.73 Å². The molecule has 2 fully saturated rings. The zero-order valence-electron chi connectivity index (χ0n) is 14.5. The summed E-state index contributed by atoms with van der Waals surface area (Å²) in [6.45, 7) is 9.15. The Hall–Kier alpha value is -0.860. The highest BCUT2D eigenvalue weighted by molar-refractivity contribution is 5.28. The van der Waals surface area contributed by atoms with Gasteiger partial charge in [0, 0.05) is 25.2 Å². The van der Waals surface area contributed by atoms with Gasteiger partial charge in [-0.25, -0.2) is 0 Å². The molecule has 0 radical (unpaired) electrons. The summed E-state index contributed by atoms with van der Waals surface area (Å²) < 4.78 is 0. The van der Waals surface area contributed by atoms with Crippen LogP contribution in [0.25, 0.3) is 0 Å². The quantitative estimate of drug-likeness (QED) is 0.886. The van der Waals surface area contributed by atoms with Gasteiger partial charge in [-0.3, -0.25) is 4.90 Å². The van der Waals surface area contributed by atoms with E-state index in [-0.39, 0.29) is 0 Å². The fourth-order valence-corrected chi connectivity index (χ4v) is 4.21. The second-order valence-corrected chi connectivity index (χ2v) is 7.78. The van der Waals surface area contributed by atoms with Crippen molar-refractivity contribution in [1.29, 1.82) is 0 Å². The maximum absolute atomic E-state index is 6.40. The van der Waals surface area contributed by atoms with E-state index < -0.39 is 0 Å². The van der Waals surface area contributed by atoms with E-state index in [9.17, 15) is 0 Å². The average Bonchev–Trinajstić information content (AvgIpc) is 3.32. The predicted molar refractivity (Wildman–Crippen MR) is 94.2 cm³/mol. The Bertz CT molecular complexity index is 475. The van der Waals surface area contributed by atoms with Crippen LogP contribution in [-0.2, 0) is 0 Å². The Kier molecular flexibility index (Phi) is 4.89. The molecule has 2 aliphatic rings. The molecule has 22 heavy (non-hydrogen) atoms. The highest BCUT2D eigenvalue weighted by atomic mass is 15.2. The monoisotopic (exact) mass is 300 g/mol. The summed E-state index contributed by atoms with van der Waals surface area (Å²) in [7, 11) is 0. The van der Waals surface area contributed by atoms with Crippen molar-refractivity contribution in [1.82, 2.24) is 4.90 Å². The lowest BCUT2D eigenvalue weighted by Crippen LogP contribution is -2.50. The Morgan fingerprint density at radius 3 is 2.36 bits per heavy atom. The molecule has 2 N–H and O–H groups in total. The van der Waals surface area contributed by atoms with Gasteiger partial charge in [0.2, 0.25) is 0 Å². The van der Waals surface area contributed by atoms with E-state index >= 15 is 0 Å². The van der Waals surface area contributed by atoms with Crippen molar-refractivity contribution in [2.45, 2.75) is 70.4 Å². The summed E-state index contributed by atoms with van der Waals surface area (Å²) in [5, 5.41) is 0. The molecule has 3 rings (SSSR count). The van der Waals surface area contributed by atoms with Crippen LogP contribution in [0.2, 0.25) is 0 Å². The molecule has 0 aromatic heterocycles. The van der Waals surface area contributed by atoms with Gasteiger partial charge in [0.1, 0.15) is 0 Å². The van der Waals surface area contributed by atoms with Crippen molar-refractivity contribution < 1.29 is 0 Å². The zero-order valence-corrected chi connectivity index (χ0v) is 14.5. The molecule has 3 unspecified atom stereocenters. The summed E-state index contributed by atoms with van der Waals surface area (Å²) in [5.41, 5.74) is 9.32. The molecular formula is C20H32N2. The third-order valence-corrected chi connectivity index (χ3v) is 5.64. The molecule has 1 aliphatic carbocycles. The first kappa shape index (κ1) is 16.0. The number of nitrogens with zero attached hydrogens (tertiary/aromatic N) is 1. The molecule has 3 atom stereocenters. The molecule has 1 aromatic carbocycles. The van der Waals surface area contributed by atoms with Crippen LogP contribution in [0.15, 0.2) is 24.3 Å². The standard InChI is InChI=1S/C20H32N2/c1-4-20(17-9-10-17)22-12-18(11-19(21)13-22)16-7-5-15(6-8-16)14(2)3/h5-8,14,17-20H,4,9-13,21H2,1-3H3. The van der Waals surface area contributed by atoms with E-state index in [0.29, 0.717) is 17.9 Å². The smallest absolute Gasteiger partial charge is 0.0174 e. The van der Waals surface area contributed by atoms with Gasteiger partial charge in [-0.2, -0.15) is 0 Å². The number of hydrogen-bond donors (Lipinski definition) is 1. The molecule has 2 heteroatoms. The third kappa shape index (κ3) is 3.55. The lowest BCUT2D eigenvalue weighted by molar-refractivity contribution is 0.116. The Morgan fingerprint density at radius 1 is 1.14 bits per heavy atom. The molecule has 1 heterocycles. The number of nitrogens with two attached hydrogens (primary N) is 1. The first-order valence-electron chi connectivity index (χ1n) is 9.18. The first-order valence-corrected chi connectivity index (χ1v) is 9.18. The van der Waals surface area contributed by atoms with Crippen LogP contribution < -0.4 is 5.73 Å². The highest BCUT2D eigenvalue weighted by Gasteiger charge is 2.37. The number of benzene rings is 1. The summed E-state index contributed by atoms with van der Waals surface area (Å²) in [6.07, 6.45) is 5.27. The molecule has 2 nitrogen and oxygen atoms in total. The molecule has 1 saturated heterocycles. The van der Waals surface area contributed by atoms with Crippen molar-refractivity contribution in [3.8, 4) is 0 Å². The first-order chi connectivity index (χ1) is 10.6. The minimum Gasteiger partial charge on any atom is -0.327 e. The Labute approximate surface area is 136 Å². The van der Waals surface area contributed by atoms with Crippen LogP contribution in [0.1, 0.15) is 69.4 Å². The number of piperidine rings is 1. The summed E-state index contributed by atoms with van der Waals surface area (Å²) in [6, 6.07) is 10.4. The van der Waals surface area contributed by atoms with E-state index in [2.05, 4.69) is 49.9 Å². The van der Waals surface area contributed by atoms with Crippen LogP contribution in [0, 0.1) is 5.92 Å². The van der Waals surface area contributed by atoms with Gasteiger partial charge in [0.05, 0.1) is 0 Å². The molecule has 1 aromatic rings. The average molecular weight is 300 g/mol. The Morgan fingerprint density at radius 2 is 1.82 bits per heavy atom. The SMILES string of the molecule is CCC(C1CC1)N1CC(N)CC(c2ccc(C(C)C)cc2)C1. The van der Waals surface area contributed by atoms with Crippen LogP contribution in [0.3, 0.4) is 0 Å². The summed E-state index contributed by atoms with van der Waals surface area (Å²) in [4.78, 5) is 2.70. The van der Waals surface area contributed by atoms with E-state index in [1.165, 1.54) is 36.9 Å². The van der Waals surface area contributed by atoms with Crippen molar-refractivity contribution in [2.75, 3.05) is 13.1 Å². The van der Waals surface area contributed by atoms with Gasteiger partial charge >= 0.3 is 0 Å². The number of likely N-dealkylation sites (tertiary alicyclic amines) is 1. The largest absolute Gasteiger partial charge is 0.327 e. The Balaban J connectivity index is 1.72. The van der Waals surface area contributed by atoms with E-state index in [1.807, 2.05) is 0 Å². The summed E-state index contributed by atoms with van der Waals surface area (Å²) >= 11 is 0. The predicted octanol–water partition coefficient (Wildman–Crippen LogP) is 4.12. The van der Waals surface area contributed by atoms with Crippen molar-refractivity contribution in [2.24, 2.45) is 11.7 Å². The molecule has 122 valence electrons. The van der Waals surface area contributed by atoms with Crippen LogP contribution in [-0.4, -0.2) is 30.1 Å². The zero-order chi connectivity index (χ0) is 15.7. The minimum atomic E-state index is 0.330. The van der Waals surface area contributed by atoms with Crippen LogP contribution in [0.5, 0.6) is 0 Å². The fourth-order valence-electron chi connectivity index (χ4n) is 4.21. The van der Waals surface area contributed by atoms with Crippen LogP contribution >= 0.6 is 0 Å². The van der Waals surface area contributed by atoms with Crippen molar-refractivity contribution in [3.05, 3.63) is 35.4 Å². The number of hydrogen-bond acceptors (Lipinski definition) is 2. The third-order valence-electron chi connectivity index (χ3n) is 5.64. The molecule has 1 saturated carbocycles. The molecule has 0 spiro atoms. The number of rotatable bonds is 5. The van der Waals surface area contributed by atoms with Crippen molar-refractivity contribution in [3.63, 3.8) is 0 Å². The maximum atomic E-state index is 6.40. The van der Waals surface area contributed by atoms with Gasteiger partial charge in [0.15, 0.2) is 0 Å². The van der Waals surface area contributed by atoms with Crippen molar-refractivity contribution >= 4 is 0 Å². The normalized spacial score (nSPS) is 28.0. The highest BCUT2D eigenvalue weighted by Crippen LogP contribution is 2.39. The van der Waals surface area contributed by atoms with Gasteiger partial charge in [0.25, 0.3) is 0 Å². The van der Waals surface area contributed by atoms with Gasteiger partial charge in [-0.15, -0.1) is 0 Å². The second-order valence-electron chi connectivity index (χ2n) is 7.78. The van der Waals surface area contributed by atoms with E-state index in [1.54, 1.807) is 0 Å². The lowest BCUT2D eigenvalue weighted by Gasteiger charge is -2.41. The van der Waals surface area contributed by atoms with Gasteiger partial charge in [-0.05, 0) is 54.6 Å². The minimum absolute atomic E-state index is 0.330. The molecule has 0 amide bonds. The molecular weight excluding hydrogens is 268 g/mol. The van der Waals surface area contributed by atoms with Gasteiger partial charge in [-0.1, -0.05) is 45.0 Å². The van der Waals surface area contributed by atoms with Crippen LogP contribution in [0.4, 0.5) is 0 Å².